The normalized spacial score (nSPS) is 10.9. The van der Waals surface area contributed by atoms with Gasteiger partial charge in [-0.3, -0.25) is 9.59 Å². The van der Waals surface area contributed by atoms with Crippen molar-refractivity contribution >= 4 is 51.6 Å². The van der Waals surface area contributed by atoms with Gasteiger partial charge >= 0.3 is 0 Å². The summed E-state index contributed by atoms with van der Waals surface area (Å²) in [6, 6.07) is 12.0. The van der Waals surface area contributed by atoms with Crippen molar-refractivity contribution in [3.63, 3.8) is 0 Å². The first-order valence-electron chi connectivity index (χ1n) is 9.81. The van der Waals surface area contributed by atoms with E-state index in [0.29, 0.717) is 39.6 Å². The summed E-state index contributed by atoms with van der Waals surface area (Å²) < 4.78 is 5.71. The van der Waals surface area contributed by atoms with Crippen molar-refractivity contribution in [2.75, 3.05) is 18.5 Å². The largest absolute Gasteiger partial charge is 0.480 e. The first kappa shape index (κ1) is 22.8. The minimum Gasteiger partial charge on any atom is -0.480 e. The topological polar surface area (TPSA) is 80.3 Å². The lowest BCUT2D eigenvalue weighted by atomic mass is 10.1. The zero-order valence-corrected chi connectivity index (χ0v) is 19.0. The van der Waals surface area contributed by atoms with E-state index in [0.717, 1.165) is 5.69 Å². The van der Waals surface area contributed by atoms with Gasteiger partial charge in [-0.1, -0.05) is 49.2 Å². The number of hydrogen-bond acceptors (Lipinski definition) is 4. The van der Waals surface area contributed by atoms with Gasteiger partial charge < -0.3 is 15.4 Å². The first-order chi connectivity index (χ1) is 14.8. The molecule has 0 fully saturated rings. The average molecular weight is 460 g/mol. The molecule has 0 aliphatic carbocycles. The quantitative estimate of drug-likeness (QED) is 0.505. The molecule has 0 aliphatic heterocycles. The molecule has 2 amide bonds. The van der Waals surface area contributed by atoms with Gasteiger partial charge in [-0.25, -0.2) is 4.98 Å². The SMILES string of the molecule is Cc1ccc2c(Cl)cc(Cl)c(OCC(=O)Nc3ccccc3C(=O)NCC(C)C)c2n1. The molecule has 0 saturated heterocycles. The molecule has 1 heterocycles. The van der Waals surface area contributed by atoms with Crippen LogP contribution >= 0.6 is 23.2 Å². The van der Waals surface area contributed by atoms with Crippen LogP contribution in [0.25, 0.3) is 10.9 Å². The maximum Gasteiger partial charge on any atom is 0.262 e. The highest BCUT2D eigenvalue weighted by Gasteiger charge is 2.17. The van der Waals surface area contributed by atoms with Crippen LogP contribution in [0.15, 0.2) is 42.5 Å². The zero-order chi connectivity index (χ0) is 22.5. The Labute approximate surface area is 190 Å². The third kappa shape index (κ3) is 5.66. The highest BCUT2D eigenvalue weighted by Crippen LogP contribution is 2.37. The standard InChI is InChI=1S/C23H23Cl2N3O3/c1-13(2)11-26-23(30)16-6-4-5-7-19(16)28-20(29)12-31-22-18(25)10-17(24)15-9-8-14(3)27-21(15)22/h4-10,13H,11-12H2,1-3H3,(H,26,30)(H,28,29). The zero-order valence-electron chi connectivity index (χ0n) is 17.5. The van der Waals surface area contributed by atoms with Gasteiger partial charge in [0.05, 0.1) is 21.3 Å². The number of benzene rings is 2. The molecule has 0 spiro atoms. The maximum absolute atomic E-state index is 12.6. The van der Waals surface area contributed by atoms with Crippen molar-refractivity contribution < 1.29 is 14.3 Å². The van der Waals surface area contributed by atoms with Gasteiger partial charge in [-0.05, 0) is 43.2 Å². The Morgan fingerprint density at radius 2 is 1.84 bits per heavy atom. The monoisotopic (exact) mass is 459 g/mol. The molecule has 0 saturated carbocycles. The fourth-order valence-electron chi connectivity index (χ4n) is 2.93. The lowest BCUT2D eigenvalue weighted by Crippen LogP contribution is -2.29. The molecule has 3 aromatic rings. The molecule has 2 aromatic carbocycles. The summed E-state index contributed by atoms with van der Waals surface area (Å²) in [6.45, 7) is 6.08. The number of hydrogen-bond donors (Lipinski definition) is 2. The minimum absolute atomic E-state index is 0.253. The Balaban J connectivity index is 1.75. The number of aryl methyl sites for hydroxylation is 1. The number of amides is 2. The van der Waals surface area contributed by atoms with Crippen LogP contribution in [-0.4, -0.2) is 29.9 Å². The molecule has 0 atom stereocenters. The summed E-state index contributed by atoms with van der Waals surface area (Å²) in [6.07, 6.45) is 0. The van der Waals surface area contributed by atoms with Crippen molar-refractivity contribution in [2.45, 2.75) is 20.8 Å². The molecule has 162 valence electrons. The highest BCUT2D eigenvalue weighted by atomic mass is 35.5. The number of fused-ring (bicyclic) bond motifs is 1. The Morgan fingerprint density at radius 1 is 1.10 bits per heavy atom. The second-order valence-corrected chi connectivity index (χ2v) is 8.32. The number of pyridine rings is 1. The summed E-state index contributed by atoms with van der Waals surface area (Å²) in [7, 11) is 0. The van der Waals surface area contributed by atoms with Crippen LogP contribution < -0.4 is 15.4 Å². The van der Waals surface area contributed by atoms with Gasteiger partial charge in [0.1, 0.15) is 5.52 Å². The Kier molecular flexibility index (Phi) is 7.36. The van der Waals surface area contributed by atoms with Gasteiger partial charge in [0.2, 0.25) is 0 Å². The van der Waals surface area contributed by atoms with Crippen molar-refractivity contribution in [1.29, 1.82) is 0 Å². The molecular formula is C23H23Cl2N3O3. The van der Waals surface area contributed by atoms with E-state index in [-0.39, 0.29) is 23.3 Å². The molecule has 0 aliphatic rings. The molecular weight excluding hydrogens is 437 g/mol. The Bertz CT molecular complexity index is 1130. The predicted molar refractivity (Wildman–Crippen MR) is 124 cm³/mol. The number of nitrogens with one attached hydrogen (secondary N) is 2. The molecule has 6 nitrogen and oxygen atoms in total. The third-order valence-electron chi connectivity index (χ3n) is 4.44. The number of anilines is 1. The van der Waals surface area contributed by atoms with E-state index in [1.807, 2.05) is 32.9 Å². The van der Waals surface area contributed by atoms with Crippen LogP contribution in [0.1, 0.15) is 29.9 Å². The lowest BCUT2D eigenvalue weighted by Gasteiger charge is -2.14. The fraction of sp³-hybridized carbons (Fsp3) is 0.261. The summed E-state index contributed by atoms with van der Waals surface area (Å²) >= 11 is 12.5. The molecule has 2 N–H and O–H groups in total. The number of carbonyl (C=O) groups excluding carboxylic acids is 2. The van der Waals surface area contributed by atoms with E-state index in [9.17, 15) is 9.59 Å². The van der Waals surface area contributed by atoms with Crippen LogP contribution in [0, 0.1) is 12.8 Å². The number of aromatic nitrogens is 1. The summed E-state index contributed by atoms with van der Waals surface area (Å²) in [5, 5.41) is 6.96. The van der Waals surface area contributed by atoms with Gasteiger partial charge in [-0.15, -0.1) is 0 Å². The van der Waals surface area contributed by atoms with Gasteiger partial charge in [0.15, 0.2) is 12.4 Å². The van der Waals surface area contributed by atoms with Crippen LogP contribution in [0.3, 0.4) is 0 Å². The van der Waals surface area contributed by atoms with E-state index in [1.54, 1.807) is 30.3 Å². The summed E-state index contributed by atoms with van der Waals surface area (Å²) in [5.41, 5.74) is 2.03. The van der Waals surface area contributed by atoms with Crippen molar-refractivity contribution in [3.8, 4) is 5.75 Å². The molecule has 0 bridgehead atoms. The van der Waals surface area contributed by atoms with Crippen LogP contribution in [-0.2, 0) is 4.79 Å². The van der Waals surface area contributed by atoms with Gasteiger partial charge in [0, 0.05) is 17.6 Å². The van der Waals surface area contributed by atoms with E-state index < -0.39 is 5.91 Å². The van der Waals surface area contributed by atoms with Gasteiger partial charge in [0.25, 0.3) is 11.8 Å². The molecule has 31 heavy (non-hydrogen) atoms. The average Bonchev–Trinajstić information content (AvgIpc) is 2.72. The van der Waals surface area contributed by atoms with Crippen molar-refractivity contribution in [3.05, 3.63) is 63.8 Å². The number of carbonyl (C=O) groups is 2. The number of ether oxygens (including phenoxy) is 1. The predicted octanol–water partition coefficient (Wildman–Crippen LogP) is 5.25. The fourth-order valence-corrected chi connectivity index (χ4v) is 3.50. The summed E-state index contributed by atoms with van der Waals surface area (Å²) in [4.78, 5) is 29.5. The minimum atomic E-state index is -0.434. The molecule has 8 heteroatoms. The molecule has 3 rings (SSSR count). The summed E-state index contributed by atoms with van der Waals surface area (Å²) in [5.74, 6) is -0.0916. The van der Waals surface area contributed by atoms with Crippen molar-refractivity contribution in [2.24, 2.45) is 5.92 Å². The molecule has 0 radical (unpaired) electrons. The van der Waals surface area contributed by atoms with E-state index in [4.69, 9.17) is 27.9 Å². The van der Waals surface area contributed by atoms with E-state index >= 15 is 0 Å². The maximum atomic E-state index is 12.6. The smallest absolute Gasteiger partial charge is 0.262 e. The number of nitrogens with zero attached hydrogens (tertiary/aromatic N) is 1. The number of rotatable bonds is 7. The highest BCUT2D eigenvalue weighted by molar-refractivity contribution is 6.39. The lowest BCUT2D eigenvalue weighted by molar-refractivity contribution is -0.118. The Morgan fingerprint density at radius 3 is 2.58 bits per heavy atom. The van der Waals surface area contributed by atoms with Crippen molar-refractivity contribution in [1.82, 2.24) is 10.3 Å². The van der Waals surface area contributed by atoms with Crippen LogP contribution in [0.5, 0.6) is 5.75 Å². The number of para-hydroxylation sites is 1. The van der Waals surface area contributed by atoms with Crippen LogP contribution in [0.4, 0.5) is 5.69 Å². The van der Waals surface area contributed by atoms with E-state index in [1.165, 1.54) is 0 Å². The van der Waals surface area contributed by atoms with E-state index in [2.05, 4.69) is 15.6 Å². The third-order valence-corrected chi connectivity index (χ3v) is 5.03. The second kappa shape index (κ2) is 9.98. The molecule has 0 unspecified atom stereocenters. The Hall–Kier alpha value is -2.83. The van der Waals surface area contributed by atoms with Gasteiger partial charge in [-0.2, -0.15) is 0 Å². The molecule has 1 aromatic heterocycles. The second-order valence-electron chi connectivity index (χ2n) is 7.50. The number of halogens is 2. The van der Waals surface area contributed by atoms with Crippen LogP contribution in [0.2, 0.25) is 10.0 Å². The first-order valence-corrected chi connectivity index (χ1v) is 10.6.